The van der Waals surface area contributed by atoms with Gasteiger partial charge in [-0.25, -0.2) is 0 Å². The van der Waals surface area contributed by atoms with Crippen LogP contribution in [0.25, 0.3) is 0 Å². The highest BCUT2D eigenvalue weighted by molar-refractivity contribution is 14.1. The predicted octanol–water partition coefficient (Wildman–Crippen LogP) is 3.62. The summed E-state index contributed by atoms with van der Waals surface area (Å²) in [5, 5.41) is 2.87. The van der Waals surface area contributed by atoms with E-state index in [1.807, 2.05) is 62.4 Å². The SMILES string of the molecule is COc1cccc(CN(C(=O)COc2ccc(I)cc2)[C@@H](C)C(=O)NC(C)C)c1. The van der Waals surface area contributed by atoms with Gasteiger partial charge >= 0.3 is 0 Å². The second-order valence-electron chi connectivity index (χ2n) is 6.96. The van der Waals surface area contributed by atoms with Gasteiger partial charge in [-0.15, -0.1) is 0 Å². The molecule has 2 aromatic rings. The molecule has 0 saturated carbocycles. The first-order valence-electron chi connectivity index (χ1n) is 9.41. The first-order valence-corrected chi connectivity index (χ1v) is 10.5. The second kappa shape index (κ2) is 11.0. The van der Waals surface area contributed by atoms with Crippen LogP contribution < -0.4 is 14.8 Å². The van der Waals surface area contributed by atoms with Crippen molar-refractivity contribution in [3.05, 3.63) is 57.7 Å². The number of ether oxygens (including phenoxy) is 2. The minimum Gasteiger partial charge on any atom is -0.497 e. The fraction of sp³-hybridized carbons (Fsp3) is 0.364. The van der Waals surface area contributed by atoms with E-state index >= 15 is 0 Å². The van der Waals surface area contributed by atoms with E-state index in [-0.39, 0.29) is 31.0 Å². The highest BCUT2D eigenvalue weighted by Crippen LogP contribution is 2.17. The lowest BCUT2D eigenvalue weighted by atomic mass is 10.1. The normalized spacial score (nSPS) is 11.7. The van der Waals surface area contributed by atoms with E-state index in [1.54, 1.807) is 14.0 Å². The monoisotopic (exact) mass is 510 g/mol. The molecule has 0 aromatic heterocycles. The smallest absolute Gasteiger partial charge is 0.261 e. The molecule has 0 unspecified atom stereocenters. The Labute approximate surface area is 185 Å². The summed E-state index contributed by atoms with van der Waals surface area (Å²) in [5.41, 5.74) is 0.871. The van der Waals surface area contributed by atoms with Crippen LogP contribution >= 0.6 is 22.6 Å². The number of carbonyl (C=O) groups excluding carboxylic acids is 2. The zero-order valence-corrected chi connectivity index (χ0v) is 19.3. The van der Waals surface area contributed by atoms with Crippen molar-refractivity contribution >= 4 is 34.4 Å². The van der Waals surface area contributed by atoms with Crippen molar-refractivity contribution in [2.24, 2.45) is 0 Å². The zero-order chi connectivity index (χ0) is 21.4. The molecule has 2 aromatic carbocycles. The summed E-state index contributed by atoms with van der Waals surface area (Å²) in [6.07, 6.45) is 0. The van der Waals surface area contributed by atoms with Crippen LogP contribution in [0.4, 0.5) is 0 Å². The van der Waals surface area contributed by atoms with Gasteiger partial charge in [0, 0.05) is 16.2 Å². The van der Waals surface area contributed by atoms with E-state index in [0.717, 1.165) is 9.13 Å². The van der Waals surface area contributed by atoms with Gasteiger partial charge in [-0.1, -0.05) is 12.1 Å². The number of carbonyl (C=O) groups is 2. The molecular weight excluding hydrogens is 483 g/mol. The number of rotatable bonds is 9. The fourth-order valence-corrected chi connectivity index (χ4v) is 3.07. The molecule has 1 atom stereocenters. The number of nitrogens with one attached hydrogen (secondary N) is 1. The van der Waals surface area contributed by atoms with Crippen LogP contribution in [0.3, 0.4) is 0 Å². The van der Waals surface area contributed by atoms with Crippen LogP contribution in [0.1, 0.15) is 26.3 Å². The Balaban J connectivity index is 2.16. The van der Waals surface area contributed by atoms with Gasteiger partial charge < -0.3 is 19.7 Å². The minimum atomic E-state index is -0.642. The molecule has 0 heterocycles. The van der Waals surface area contributed by atoms with Crippen molar-refractivity contribution in [3.8, 4) is 11.5 Å². The number of nitrogens with zero attached hydrogens (tertiary/aromatic N) is 1. The number of benzene rings is 2. The molecule has 2 rings (SSSR count). The Morgan fingerprint density at radius 2 is 1.76 bits per heavy atom. The van der Waals surface area contributed by atoms with Crippen molar-refractivity contribution in [1.82, 2.24) is 10.2 Å². The number of halogens is 1. The highest BCUT2D eigenvalue weighted by Gasteiger charge is 2.27. The van der Waals surface area contributed by atoms with Gasteiger partial charge in [-0.3, -0.25) is 9.59 Å². The summed E-state index contributed by atoms with van der Waals surface area (Å²) < 4.78 is 12.0. The molecule has 0 aliphatic heterocycles. The maximum atomic E-state index is 13.0. The van der Waals surface area contributed by atoms with Crippen LogP contribution in [-0.2, 0) is 16.1 Å². The summed E-state index contributed by atoms with van der Waals surface area (Å²) >= 11 is 2.21. The molecule has 0 radical (unpaired) electrons. The standard InChI is InChI=1S/C22H27IN2O4/c1-15(2)24-22(27)16(3)25(13-17-6-5-7-20(12-17)28-4)21(26)14-29-19-10-8-18(23)9-11-19/h5-12,15-16H,13-14H2,1-4H3,(H,24,27)/t16-/m0/s1. The molecule has 0 fully saturated rings. The van der Waals surface area contributed by atoms with E-state index < -0.39 is 6.04 Å². The second-order valence-corrected chi connectivity index (χ2v) is 8.20. The van der Waals surface area contributed by atoms with Crippen molar-refractivity contribution in [2.45, 2.75) is 39.4 Å². The number of hydrogen-bond acceptors (Lipinski definition) is 4. The Kier molecular flexibility index (Phi) is 8.75. The van der Waals surface area contributed by atoms with Gasteiger partial charge in [0.1, 0.15) is 17.5 Å². The van der Waals surface area contributed by atoms with Crippen molar-refractivity contribution in [3.63, 3.8) is 0 Å². The van der Waals surface area contributed by atoms with Crippen molar-refractivity contribution in [2.75, 3.05) is 13.7 Å². The molecule has 0 aliphatic carbocycles. The molecule has 156 valence electrons. The fourth-order valence-electron chi connectivity index (χ4n) is 2.71. The van der Waals surface area contributed by atoms with Gasteiger partial charge in [0.2, 0.25) is 5.91 Å². The van der Waals surface area contributed by atoms with E-state index in [9.17, 15) is 9.59 Å². The van der Waals surface area contributed by atoms with E-state index in [2.05, 4.69) is 27.9 Å². The summed E-state index contributed by atoms with van der Waals surface area (Å²) in [6.45, 7) is 5.63. The third kappa shape index (κ3) is 7.23. The molecule has 7 heteroatoms. The van der Waals surface area contributed by atoms with Crippen LogP contribution in [0.2, 0.25) is 0 Å². The average molecular weight is 510 g/mol. The van der Waals surface area contributed by atoms with Crippen molar-refractivity contribution < 1.29 is 19.1 Å². The Hall–Kier alpha value is -2.29. The number of hydrogen-bond donors (Lipinski definition) is 1. The third-order valence-corrected chi connectivity index (χ3v) is 4.98. The van der Waals surface area contributed by atoms with Crippen LogP contribution in [0.15, 0.2) is 48.5 Å². The largest absolute Gasteiger partial charge is 0.497 e. The lowest BCUT2D eigenvalue weighted by Gasteiger charge is -2.29. The first kappa shape index (κ1) is 23.0. The lowest BCUT2D eigenvalue weighted by molar-refractivity contribution is -0.142. The van der Waals surface area contributed by atoms with E-state index in [4.69, 9.17) is 9.47 Å². The average Bonchev–Trinajstić information content (AvgIpc) is 2.70. The molecular formula is C22H27IN2O4. The maximum absolute atomic E-state index is 13.0. The molecule has 0 saturated heterocycles. The van der Waals surface area contributed by atoms with Gasteiger partial charge in [0.15, 0.2) is 6.61 Å². The quantitative estimate of drug-likeness (QED) is 0.524. The molecule has 1 N–H and O–H groups in total. The van der Waals surface area contributed by atoms with Crippen molar-refractivity contribution in [1.29, 1.82) is 0 Å². The highest BCUT2D eigenvalue weighted by atomic mass is 127. The Morgan fingerprint density at radius 1 is 1.07 bits per heavy atom. The topological polar surface area (TPSA) is 67.9 Å². The molecule has 6 nitrogen and oxygen atoms in total. The van der Waals surface area contributed by atoms with Gasteiger partial charge in [-0.05, 0) is 85.3 Å². The molecule has 29 heavy (non-hydrogen) atoms. The van der Waals surface area contributed by atoms with Gasteiger partial charge in [0.05, 0.1) is 7.11 Å². The van der Waals surface area contributed by atoms with Crippen LogP contribution in [0, 0.1) is 3.57 Å². The molecule has 0 bridgehead atoms. The van der Waals surface area contributed by atoms with Crippen LogP contribution in [-0.4, -0.2) is 42.5 Å². The zero-order valence-electron chi connectivity index (χ0n) is 17.1. The molecule has 2 amide bonds. The summed E-state index contributed by atoms with van der Waals surface area (Å²) in [7, 11) is 1.59. The maximum Gasteiger partial charge on any atom is 0.261 e. The molecule has 0 spiro atoms. The van der Waals surface area contributed by atoms with Gasteiger partial charge in [-0.2, -0.15) is 0 Å². The van der Waals surface area contributed by atoms with Crippen LogP contribution in [0.5, 0.6) is 11.5 Å². The first-order chi connectivity index (χ1) is 13.8. The lowest BCUT2D eigenvalue weighted by Crippen LogP contribution is -2.50. The number of amides is 2. The Bertz CT molecular complexity index is 824. The summed E-state index contributed by atoms with van der Waals surface area (Å²) in [6, 6.07) is 14.2. The minimum absolute atomic E-state index is 0.0123. The van der Waals surface area contributed by atoms with E-state index in [0.29, 0.717) is 11.5 Å². The van der Waals surface area contributed by atoms with Gasteiger partial charge in [0.25, 0.3) is 5.91 Å². The number of methoxy groups -OCH3 is 1. The predicted molar refractivity (Wildman–Crippen MR) is 121 cm³/mol. The third-order valence-electron chi connectivity index (χ3n) is 4.26. The summed E-state index contributed by atoms with van der Waals surface area (Å²) in [5.74, 6) is 0.840. The molecule has 0 aliphatic rings. The summed E-state index contributed by atoms with van der Waals surface area (Å²) in [4.78, 5) is 27.0. The van der Waals surface area contributed by atoms with E-state index in [1.165, 1.54) is 4.90 Å². The Morgan fingerprint density at radius 3 is 2.38 bits per heavy atom.